The molecule has 0 fully saturated rings. The third-order valence-corrected chi connectivity index (χ3v) is 1.57. The van der Waals surface area contributed by atoms with Crippen molar-refractivity contribution in [3.63, 3.8) is 0 Å². The summed E-state index contributed by atoms with van der Waals surface area (Å²) in [6, 6.07) is 5.64. The molecule has 0 unspecified atom stereocenters. The van der Waals surface area contributed by atoms with E-state index in [9.17, 15) is 13.2 Å². The average Bonchev–Trinajstić information content (AvgIpc) is 2.10. The maximum atomic E-state index is 11.8. The van der Waals surface area contributed by atoms with E-state index in [1.54, 1.807) is 0 Å². The zero-order valence-electron chi connectivity index (χ0n) is 8.03. The van der Waals surface area contributed by atoms with Gasteiger partial charge in [-0.3, -0.25) is 0 Å². The number of alkyl halides is 3. The van der Waals surface area contributed by atoms with Gasteiger partial charge in [0.1, 0.15) is 0 Å². The van der Waals surface area contributed by atoms with Crippen LogP contribution in [-0.4, -0.2) is 6.18 Å². The minimum Gasteiger partial charge on any atom is -0.171 e. The van der Waals surface area contributed by atoms with Crippen molar-refractivity contribution in [1.82, 2.24) is 0 Å². The highest BCUT2D eigenvalue weighted by molar-refractivity contribution is 6.30. The third-order valence-electron chi connectivity index (χ3n) is 1.32. The Morgan fingerprint density at radius 1 is 1.07 bits per heavy atom. The molecule has 0 atom stereocenters. The Kier molecular flexibility index (Phi) is 5.62. The molecule has 0 spiro atoms. The molecule has 1 aromatic rings. The predicted molar refractivity (Wildman–Crippen MR) is 52.6 cm³/mol. The van der Waals surface area contributed by atoms with Gasteiger partial charge in [-0.15, -0.1) is 0 Å². The predicted octanol–water partition coefficient (Wildman–Crippen LogP) is 4.47. The van der Waals surface area contributed by atoms with Gasteiger partial charge in [0.15, 0.2) is 0 Å². The largest absolute Gasteiger partial charge is 0.393 e. The van der Waals surface area contributed by atoms with Crippen molar-refractivity contribution >= 4 is 11.6 Å². The van der Waals surface area contributed by atoms with Crippen molar-refractivity contribution in [2.24, 2.45) is 0 Å². The summed E-state index contributed by atoms with van der Waals surface area (Å²) in [6.07, 6.45) is -5.04. The Morgan fingerprint density at radius 2 is 1.50 bits per heavy atom. The van der Waals surface area contributed by atoms with E-state index in [-0.39, 0.29) is 5.56 Å². The highest BCUT2D eigenvalue weighted by atomic mass is 35.5. The minimum atomic E-state index is -4.15. The third kappa shape index (κ3) is 5.86. The molecule has 80 valence electrons. The topological polar surface area (TPSA) is 0 Å². The van der Waals surface area contributed by atoms with Gasteiger partial charge >= 0.3 is 6.18 Å². The first kappa shape index (κ1) is 13.3. The van der Waals surface area contributed by atoms with Crippen molar-refractivity contribution < 1.29 is 13.2 Å². The van der Waals surface area contributed by atoms with Crippen LogP contribution in [-0.2, 0) is 6.42 Å². The summed E-state index contributed by atoms with van der Waals surface area (Å²) in [6.45, 7) is 4.00. The first-order valence-electron chi connectivity index (χ1n) is 4.28. The second-order valence-electron chi connectivity index (χ2n) is 2.42. The van der Waals surface area contributed by atoms with Gasteiger partial charge < -0.3 is 0 Å². The maximum absolute atomic E-state index is 11.8. The van der Waals surface area contributed by atoms with E-state index in [1.165, 1.54) is 24.3 Å². The fourth-order valence-electron chi connectivity index (χ4n) is 0.834. The van der Waals surface area contributed by atoms with E-state index in [2.05, 4.69) is 0 Å². The lowest BCUT2D eigenvalue weighted by Crippen LogP contribution is -2.11. The molecule has 0 amide bonds. The van der Waals surface area contributed by atoms with Crippen molar-refractivity contribution in [3.8, 4) is 0 Å². The average molecular weight is 225 g/mol. The molecule has 0 saturated heterocycles. The molecule has 0 aliphatic heterocycles. The molecule has 4 heteroatoms. The standard InChI is InChI=1S/C8H6ClF3.C2H6/c9-7-3-1-6(2-4-7)5-8(10,11)12;1-2/h1-4H,5H2;1-2H3. The summed E-state index contributed by atoms with van der Waals surface area (Å²) in [4.78, 5) is 0. The highest BCUT2D eigenvalue weighted by Gasteiger charge is 2.27. The van der Waals surface area contributed by atoms with Gasteiger partial charge in [-0.1, -0.05) is 37.6 Å². The van der Waals surface area contributed by atoms with Gasteiger partial charge in [-0.2, -0.15) is 13.2 Å². The lowest BCUT2D eigenvalue weighted by atomic mass is 10.1. The highest BCUT2D eigenvalue weighted by Crippen LogP contribution is 2.21. The number of hydrogen-bond acceptors (Lipinski definition) is 0. The Bertz CT molecular complexity index is 251. The van der Waals surface area contributed by atoms with Crippen LogP contribution in [0.25, 0.3) is 0 Å². The smallest absolute Gasteiger partial charge is 0.171 e. The molecule has 0 saturated carbocycles. The molecular weight excluding hydrogens is 213 g/mol. The van der Waals surface area contributed by atoms with Crippen LogP contribution in [0.3, 0.4) is 0 Å². The van der Waals surface area contributed by atoms with Crippen molar-refractivity contribution in [3.05, 3.63) is 34.9 Å². The van der Waals surface area contributed by atoms with Gasteiger partial charge in [0.05, 0.1) is 6.42 Å². The van der Waals surface area contributed by atoms with Crippen molar-refractivity contribution in [1.29, 1.82) is 0 Å². The van der Waals surface area contributed by atoms with Crippen LogP contribution in [0.5, 0.6) is 0 Å². The van der Waals surface area contributed by atoms with Crippen LogP contribution in [0.15, 0.2) is 24.3 Å². The quantitative estimate of drug-likeness (QED) is 0.660. The van der Waals surface area contributed by atoms with Crippen LogP contribution in [0.1, 0.15) is 19.4 Å². The van der Waals surface area contributed by atoms with E-state index >= 15 is 0 Å². The van der Waals surface area contributed by atoms with Gasteiger partial charge in [-0.25, -0.2) is 0 Å². The van der Waals surface area contributed by atoms with Crippen LogP contribution < -0.4 is 0 Å². The first-order chi connectivity index (χ1) is 6.47. The van der Waals surface area contributed by atoms with Crippen LogP contribution in [0.2, 0.25) is 5.02 Å². The van der Waals surface area contributed by atoms with Crippen molar-refractivity contribution in [2.45, 2.75) is 26.4 Å². The number of hydrogen-bond donors (Lipinski definition) is 0. The summed E-state index contributed by atoms with van der Waals surface area (Å²) in [5.74, 6) is 0. The molecular formula is C10H12ClF3. The van der Waals surface area contributed by atoms with E-state index < -0.39 is 12.6 Å². The lowest BCUT2D eigenvalue weighted by Gasteiger charge is -2.05. The summed E-state index contributed by atoms with van der Waals surface area (Å²) >= 11 is 5.50. The Balaban J connectivity index is 0.000000791. The molecule has 0 aliphatic rings. The molecule has 0 aromatic heterocycles. The second kappa shape index (κ2) is 5.91. The normalized spacial score (nSPS) is 10.4. The zero-order chi connectivity index (χ0) is 11.2. The lowest BCUT2D eigenvalue weighted by molar-refractivity contribution is -0.127. The monoisotopic (exact) mass is 224 g/mol. The van der Waals surface area contributed by atoms with Gasteiger partial charge in [-0.05, 0) is 17.7 Å². The molecule has 14 heavy (non-hydrogen) atoms. The Morgan fingerprint density at radius 3 is 1.86 bits per heavy atom. The molecule has 1 aromatic carbocycles. The van der Waals surface area contributed by atoms with Crippen LogP contribution in [0, 0.1) is 0 Å². The van der Waals surface area contributed by atoms with Gasteiger partial charge in [0.2, 0.25) is 0 Å². The summed E-state index contributed by atoms with van der Waals surface area (Å²) < 4.78 is 35.4. The Labute approximate surface area is 86.7 Å². The van der Waals surface area contributed by atoms with E-state index in [0.717, 1.165) is 0 Å². The molecule has 0 N–H and O–H groups in total. The number of rotatable bonds is 1. The fourth-order valence-corrected chi connectivity index (χ4v) is 0.960. The molecule has 1 rings (SSSR count). The maximum Gasteiger partial charge on any atom is 0.393 e. The zero-order valence-corrected chi connectivity index (χ0v) is 8.78. The van der Waals surface area contributed by atoms with E-state index in [0.29, 0.717) is 5.02 Å². The van der Waals surface area contributed by atoms with E-state index in [1.807, 2.05) is 13.8 Å². The van der Waals surface area contributed by atoms with Crippen molar-refractivity contribution in [2.75, 3.05) is 0 Å². The first-order valence-corrected chi connectivity index (χ1v) is 4.66. The fraction of sp³-hybridized carbons (Fsp3) is 0.400. The molecule has 0 aliphatic carbocycles. The SMILES string of the molecule is CC.FC(F)(F)Cc1ccc(Cl)cc1. The second-order valence-corrected chi connectivity index (χ2v) is 2.85. The molecule has 0 bridgehead atoms. The van der Waals surface area contributed by atoms with Gasteiger partial charge in [0.25, 0.3) is 0 Å². The minimum absolute atomic E-state index is 0.229. The molecule has 0 nitrogen and oxygen atoms in total. The summed E-state index contributed by atoms with van der Waals surface area (Å²) in [5, 5.41) is 0.445. The molecule has 0 heterocycles. The van der Waals surface area contributed by atoms with E-state index in [4.69, 9.17) is 11.6 Å². The Hall–Kier alpha value is -0.700. The number of halogens is 4. The van der Waals surface area contributed by atoms with Crippen LogP contribution >= 0.6 is 11.6 Å². The molecule has 0 radical (unpaired) electrons. The number of benzene rings is 1. The summed E-state index contributed by atoms with van der Waals surface area (Å²) in [5.41, 5.74) is 0.229. The summed E-state index contributed by atoms with van der Waals surface area (Å²) in [7, 11) is 0. The van der Waals surface area contributed by atoms with Gasteiger partial charge in [0, 0.05) is 5.02 Å². The van der Waals surface area contributed by atoms with Crippen LogP contribution in [0.4, 0.5) is 13.2 Å².